The fourth-order valence-electron chi connectivity index (χ4n) is 2.79. The van der Waals surface area contributed by atoms with Crippen molar-refractivity contribution in [3.05, 3.63) is 59.7 Å². The molecule has 0 saturated heterocycles. The molecule has 0 unspecified atom stereocenters. The number of ether oxygens (including phenoxy) is 3. The molecule has 2 aromatic carbocycles. The van der Waals surface area contributed by atoms with E-state index < -0.39 is 6.61 Å². The summed E-state index contributed by atoms with van der Waals surface area (Å²) in [5, 5.41) is 0. The smallest absolute Gasteiger partial charge is 0.387 e. The van der Waals surface area contributed by atoms with Crippen molar-refractivity contribution in [2.75, 3.05) is 19.8 Å². The Kier molecular flexibility index (Phi) is 6.47. The first-order chi connectivity index (χ1) is 13.5. The van der Waals surface area contributed by atoms with Crippen LogP contribution in [-0.2, 0) is 11.3 Å². The third kappa shape index (κ3) is 5.22. The number of carbonyl (C=O) groups is 1. The summed E-state index contributed by atoms with van der Waals surface area (Å²) in [6, 6.07) is 11.7. The van der Waals surface area contributed by atoms with Gasteiger partial charge in [-0.15, -0.1) is 0 Å². The third-order valence-corrected chi connectivity index (χ3v) is 4.20. The molecule has 28 heavy (non-hydrogen) atoms. The highest BCUT2D eigenvalue weighted by molar-refractivity contribution is 5.91. The number of benzene rings is 2. The number of likely N-dealkylation sites (N-methyl/N-ethyl adjacent to an activating group) is 1. The first kappa shape index (κ1) is 19.7. The van der Waals surface area contributed by atoms with E-state index in [9.17, 15) is 13.6 Å². The van der Waals surface area contributed by atoms with E-state index in [0.29, 0.717) is 43.4 Å². The maximum Gasteiger partial charge on any atom is 0.387 e. The predicted molar refractivity (Wildman–Crippen MR) is 101 cm³/mol. The van der Waals surface area contributed by atoms with E-state index >= 15 is 0 Å². The maximum atomic E-state index is 12.5. The van der Waals surface area contributed by atoms with Crippen LogP contribution in [0.5, 0.6) is 17.2 Å². The molecule has 3 rings (SSSR count). The van der Waals surface area contributed by atoms with Crippen LogP contribution in [0.2, 0.25) is 0 Å². The molecule has 0 aliphatic carbocycles. The largest absolute Gasteiger partial charge is 0.486 e. The summed E-state index contributed by atoms with van der Waals surface area (Å²) >= 11 is 0. The molecule has 0 radical (unpaired) electrons. The highest BCUT2D eigenvalue weighted by Gasteiger charge is 2.14. The standard InChI is InChI=1S/C21H21F2NO4/c1-2-24(14-16-5-9-18-19(13-16)27-12-11-26-18)20(25)10-6-15-3-7-17(8-4-15)28-21(22)23/h3-10,13,21H,2,11-12,14H2,1H3/b10-6+. The van der Waals surface area contributed by atoms with Gasteiger partial charge in [0.15, 0.2) is 11.5 Å². The molecule has 0 fully saturated rings. The van der Waals surface area contributed by atoms with Gasteiger partial charge in [-0.05, 0) is 48.4 Å². The van der Waals surface area contributed by atoms with E-state index in [-0.39, 0.29) is 11.7 Å². The minimum absolute atomic E-state index is 0.0762. The van der Waals surface area contributed by atoms with Crippen molar-refractivity contribution < 1.29 is 27.8 Å². The Morgan fingerprint density at radius 1 is 1.14 bits per heavy atom. The number of nitrogens with zero attached hydrogens (tertiary/aromatic N) is 1. The molecule has 148 valence electrons. The molecule has 0 spiro atoms. The van der Waals surface area contributed by atoms with Gasteiger partial charge < -0.3 is 19.1 Å². The molecule has 0 aromatic heterocycles. The number of alkyl halides is 2. The zero-order valence-corrected chi connectivity index (χ0v) is 15.4. The minimum Gasteiger partial charge on any atom is -0.486 e. The molecule has 1 aliphatic rings. The molecular formula is C21H21F2NO4. The van der Waals surface area contributed by atoms with Crippen molar-refractivity contribution in [1.82, 2.24) is 4.90 Å². The van der Waals surface area contributed by atoms with Gasteiger partial charge in [0, 0.05) is 19.2 Å². The quantitative estimate of drug-likeness (QED) is 0.669. The number of hydrogen-bond donors (Lipinski definition) is 0. The molecule has 1 amide bonds. The van der Waals surface area contributed by atoms with Crippen LogP contribution in [-0.4, -0.2) is 37.2 Å². The Hall–Kier alpha value is -3.09. The summed E-state index contributed by atoms with van der Waals surface area (Å²) in [5.74, 6) is 1.33. The van der Waals surface area contributed by atoms with E-state index in [1.165, 1.54) is 18.2 Å². The molecule has 0 bridgehead atoms. The van der Waals surface area contributed by atoms with Gasteiger partial charge in [-0.3, -0.25) is 4.79 Å². The second-order valence-corrected chi connectivity index (χ2v) is 6.11. The Labute approximate surface area is 162 Å². The SMILES string of the molecule is CCN(Cc1ccc2c(c1)OCCO2)C(=O)/C=C/c1ccc(OC(F)F)cc1. The van der Waals surface area contributed by atoms with Crippen molar-refractivity contribution in [2.45, 2.75) is 20.1 Å². The van der Waals surface area contributed by atoms with Crippen LogP contribution in [0.4, 0.5) is 8.78 Å². The lowest BCUT2D eigenvalue weighted by atomic mass is 10.1. The average Bonchev–Trinajstić information content (AvgIpc) is 2.70. The Bertz CT molecular complexity index is 837. The van der Waals surface area contributed by atoms with Crippen molar-refractivity contribution in [3.8, 4) is 17.2 Å². The van der Waals surface area contributed by atoms with Crippen LogP contribution in [0.1, 0.15) is 18.1 Å². The van der Waals surface area contributed by atoms with Gasteiger partial charge in [-0.25, -0.2) is 0 Å². The summed E-state index contributed by atoms with van der Waals surface area (Å²) in [5.41, 5.74) is 1.66. The summed E-state index contributed by atoms with van der Waals surface area (Å²) in [4.78, 5) is 14.2. The monoisotopic (exact) mass is 389 g/mol. The zero-order valence-electron chi connectivity index (χ0n) is 15.4. The maximum absolute atomic E-state index is 12.5. The number of amides is 1. The van der Waals surface area contributed by atoms with Crippen LogP contribution in [0.3, 0.4) is 0 Å². The lowest BCUT2D eigenvalue weighted by molar-refractivity contribution is -0.126. The summed E-state index contributed by atoms with van der Waals surface area (Å²) < 4.78 is 39.7. The van der Waals surface area contributed by atoms with Crippen LogP contribution < -0.4 is 14.2 Å². The second kappa shape index (κ2) is 9.21. The Morgan fingerprint density at radius 3 is 2.54 bits per heavy atom. The van der Waals surface area contributed by atoms with Crippen LogP contribution in [0, 0.1) is 0 Å². The molecule has 2 aromatic rings. The van der Waals surface area contributed by atoms with Crippen LogP contribution >= 0.6 is 0 Å². The Morgan fingerprint density at radius 2 is 1.86 bits per heavy atom. The van der Waals surface area contributed by atoms with Crippen LogP contribution in [0.15, 0.2) is 48.5 Å². The first-order valence-corrected chi connectivity index (χ1v) is 8.95. The summed E-state index contributed by atoms with van der Waals surface area (Å²) in [6.45, 7) is 1.07. The molecular weight excluding hydrogens is 368 g/mol. The highest BCUT2D eigenvalue weighted by Crippen LogP contribution is 2.31. The molecule has 1 aliphatic heterocycles. The normalized spacial score (nSPS) is 13.0. The van der Waals surface area contributed by atoms with E-state index in [0.717, 1.165) is 5.56 Å². The fourth-order valence-corrected chi connectivity index (χ4v) is 2.79. The van der Waals surface area contributed by atoms with Gasteiger partial charge in [-0.2, -0.15) is 8.78 Å². The van der Waals surface area contributed by atoms with E-state index in [2.05, 4.69) is 4.74 Å². The van der Waals surface area contributed by atoms with Crippen molar-refractivity contribution in [1.29, 1.82) is 0 Å². The third-order valence-electron chi connectivity index (χ3n) is 4.20. The minimum atomic E-state index is -2.86. The van der Waals surface area contributed by atoms with Crippen molar-refractivity contribution in [2.24, 2.45) is 0 Å². The predicted octanol–water partition coefficient (Wildman–Crippen LogP) is 4.12. The first-order valence-electron chi connectivity index (χ1n) is 8.95. The van der Waals surface area contributed by atoms with E-state index in [4.69, 9.17) is 9.47 Å². The topological polar surface area (TPSA) is 48.0 Å². The molecule has 0 saturated carbocycles. The molecule has 5 nitrogen and oxygen atoms in total. The van der Waals surface area contributed by atoms with Gasteiger partial charge in [0.25, 0.3) is 0 Å². The van der Waals surface area contributed by atoms with E-state index in [1.54, 1.807) is 23.1 Å². The number of fused-ring (bicyclic) bond motifs is 1. The Balaban J connectivity index is 1.62. The molecule has 0 atom stereocenters. The molecule has 7 heteroatoms. The van der Waals surface area contributed by atoms with Gasteiger partial charge >= 0.3 is 6.61 Å². The average molecular weight is 389 g/mol. The van der Waals surface area contributed by atoms with Crippen molar-refractivity contribution >= 4 is 12.0 Å². The lowest BCUT2D eigenvalue weighted by Gasteiger charge is -2.22. The second-order valence-electron chi connectivity index (χ2n) is 6.11. The number of halogens is 2. The number of hydrogen-bond acceptors (Lipinski definition) is 4. The van der Waals surface area contributed by atoms with Gasteiger partial charge in [0.2, 0.25) is 5.91 Å². The van der Waals surface area contributed by atoms with Crippen LogP contribution in [0.25, 0.3) is 6.08 Å². The van der Waals surface area contributed by atoms with Crippen molar-refractivity contribution in [3.63, 3.8) is 0 Å². The fraction of sp³-hybridized carbons (Fsp3) is 0.286. The molecule has 0 N–H and O–H groups in total. The van der Waals surface area contributed by atoms with E-state index in [1.807, 2.05) is 25.1 Å². The molecule has 1 heterocycles. The number of carbonyl (C=O) groups excluding carboxylic acids is 1. The van der Waals surface area contributed by atoms with Gasteiger partial charge in [-0.1, -0.05) is 18.2 Å². The summed E-state index contributed by atoms with van der Waals surface area (Å²) in [6.07, 6.45) is 3.10. The lowest BCUT2D eigenvalue weighted by Crippen LogP contribution is -2.28. The highest BCUT2D eigenvalue weighted by atomic mass is 19.3. The number of rotatable bonds is 7. The summed E-state index contributed by atoms with van der Waals surface area (Å²) in [7, 11) is 0. The van der Waals surface area contributed by atoms with Gasteiger partial charge in [0.05, 0.1) is 0 Å². The zero-order chi connectivity index (χ0) is 19.9. The van der Waals surface area contributed by atoms with Gasteiger partial charge in [0.1, 0.15) is 19.0 Å².